The topological polar surface area (TPSA) is 241 Å². The van der Waals surface area contributed by atoms with Crippen LogP contribution in [0.1, 0.15) is 0 Å². The zero-order valence-electron chi connectivity index (χ0n) is 9.05. The van der Waals surface area contributed by atoms with Gasteiger partial charge in [0.05, 0.1) is 35.8 Å². The number of carbonyl (C=O) groups excluding carboxylic acids is 6. The molecule has 0 bridgehead atoms. The standard InChI is InChI=1S/3C2H2O4.2Al.2K.2H/c3*3-1(4)2(5)6;;;;;;/h3*(H,3,4)(H,5,6);;;;;;/q;;;2*+3;;;;/p-6. The number of hydrogen-bond donors (Lipinski definition) is 0. The summed E-state index contributed by atoms with van der Waals surface area (Å²) >= 11 is 0. The van der Waals surface area contributed by atoms with Crippen molar-refractivity contribution in [1.82, 2.24) is 0 Å². The van der Waals surface area contributed by atoms with Gasteiger partial charge in [0, 0.05) is 0 Å². The van der Waals surface area contributed by atoms with Gasteiger partial charge in [0.25, 0.3) is 0 Å². The van der Waals surface area contributed by atoms with Gasteiger partial charge in [-0.3, -0.25) is 0 Å². The summed E-state index contributed by atoms with van der Waals surface area (Å²) in [6, 6.07) is 0. The van der Waals surface area contributed by atoms with Gasteiger partial charge in [-0.1, -0.05) is 0 Å². The van der Waals surface area contributed by atoms with Crippen LogP contribution in [0.4, 0.5) is 0 Å². The Balaban J connectivity index is -0.0000000281. The molecule has 0 aromatic carbocycles. The van der Waals surface area contributed by atoms with Gasteiger partial charge in [-0.15, -0.1) is 0 Å². The molecule has 22 heavy (non-hydrogen) atoms. The van der Waals surface area contributed by atoms with Crippen LogP contribution in [0.2, 0.25) is 0 Å². The third kappa shape index (κ3) is 49.7. The van der Waals surface area contributed by atoms with E-state index < -0.39 is 35.8 Å². The summed E-state index contributed by atoms with van der Waals surface area (Å²) in [6.45, 7) is 0. The Labute approximate surface area is 228 Å². The van der Waals surface area contributed by atoms with E-state index in [1.807, 2.05) is 0 Å². The number of rotatable bonds is 0. The second-order valence-electron chi connectivity index (χ2n) is 1.72. The zero-order chi connectivity index (χ0) is 15.5. The molecule has 12 nitrogen and oxygen atoms in total. The van der Waals surface area contributed by atoms with Gasteiger partial charge in [-0.05, 0) is 0 Å². The Morgan fingerprint density at radius 3 is 0.409 bits per heavy atom. The summed E-state index contributed by atoms with van der Waals surface area (Å²) in [6.07, 6.45) is 0. The monoisotopic (exact) mass is 398 g/mol. The van der Waals surface area contributed by atoms with E-state index in [-0.39, 0.29) is 137 Å². The van der Waals surface area contributed by atoms with Crippen LogP contribution in [-0.2, 0) is 28.8 Å². The fourth-order valence-corrected chi connectivity index (χ4v) is 0. The van der Waals surface area contributed by atoms with Crippen molar-refractivity contribution < 1.29 is 59.4 Å². The fourth-order valence-electron chi connectivity index (χ4n) is 0. The molecule has 0 saturated heterocycles. The van der Waals surface area contributed by atoms with E-state index in [9.17, 15) is 0 Å². The molecule has 0 aliphatic carbocycles. The van der Waals surface area contributed by atoms with E-state index in [0.717, 1.165) is 0 Å². The molecule has 0 atom stereocenters. The van der Waals surface area contributed by atoms with Crippen molar-refractivity contribution in [3.05, 3.63) is 0 Å². The molecule has 0 saturated carbocycles. The second-order valence-corrected chi connectivity index (χ2v) is 1.72. The van der Waals surface area contributed by atoms with Gasteiger partial charge < -0.3 is 59.4 Å². The molecule has 16 heteroatoms. The molecule has 0 rings (SSSR count). The molecule has 0 fully saturated rings. The molecular formula is C6H2Al2K2O12. The molecule has 0 spiro atoms. The van der Waals surface area contributed by atoms with E-state index in [1.165, 1.54) is 0 Å². The molecule has 0 aliphatic heterocycles. The fraction of sp³-hybridized carbons (Fsp3) is 0. The van der Waals surface area contributed by atoms with Crippen molar-refractivity contribution in [3.63, 3.8) is 0 Å². The van der Waals surface area contributed by atoms with E-state index in [0.29, 0.717) is 0 Å². The first-order valence-corrected chi connectivity index (χ1v) is 3.20. The van der Waals surface area contributed by atoms with Crippen molar-refractivity contribution in [3.8, 4) is 0 Å². The number of aliphatic carboxylic acids is 6. The molecule has 0 amide bonds. The van der Waals surface area contributed by atoms with E-state index >= 15 is 0 Å². The van der Waals surface area contributed by atoms with E-state index in [4.69, 9.17) is 59.4 Å². The van der Waals surface area contributed by atoms with Crippen molar-refractivity contribution in [2.45, 2.75) is 0 Å². The van der Waals surface area contributed by atoms with Crippen LogP contribution >= 0.6 is 0 Å². The Bertz CT molecular complexity index is 291. The predicted octanol–water partition coefficient (Wildman–Crippen LogP) is -12.6. The predicted molar refractivity (Wildman–Crippen MR) is 55.8 cm³/mol. The summed E-state index contributed by atoms with van der Waals surface area (Å²) in [5, 5.41) is 53.6. The van der Waals surface area contributed by atoms with Crippen LogP contribution in [0, 0.1) is 0 Å². The molecule has 0 N–H and O–H groups in total. The van der Waals surface area contributed by atoms with Gasteiger partial charge in [0.2, 0.25) is 0 Å². The van der Waals surface area contributed by atoms with Crippen molar-refractivity contribution in [1.29, 1.82) is 0 Å². The molecule has 106 valence electrons. The minimum atomic E-state index is -2.19. The molecular weight excluding hydrogens is 396 g/mol. The quantitative estimate of drug-likeness (QED) is 0.273. The number of hydrogen-bond acceptors (Lipinski definition) is 12. The summed E-state index contributed by atoms with van der Waals surface area (Å²) in [5.41, 5.74) is 0. The van der Waals surface area contributed by atoms with Crippen LogP contribution in [-0.4, -0.2) is 173 Å². The van der Waals surface area contributed by atoms with Gasteiger partial charge in [0.1, 0.15) is 0 Å². The van der Waals surface area contributed by atoms with Crippen LogP contribution in [0.25, 0.3) is 0 Å². The first-order valence-electron chi connectivity index (χ1n) is 3.20. The normalized spacial score (nSPS) is 6.00. The second kappa shape index (κ2) is 27.0. The SMILES string of the molecule is O=C([O-])C(=O)[O-].O=C([O-])C(=O)[O-].O=C([O-])C(=O)[O-].[Al+3].[Al+3].[KH].[KH]. The average molecular weight is 398 g/mol. The third-order valence-corrected chi connectivity index (χ3v) is 0.500. The van der Waals surface area contributed by atoms with Gasteiger partial charge in [-0.25, -0.2) is 0 Å². The Hall–Kier alpha value is 1.16. The number of carboxylic acid groups (broad SMARTS) is 6. The van der Waals surface area contributed by atoms with Crippen LogP contribution in [0.5, 0.6) is 0 Å². The van der Waals surface area contributed by atoms with Crippen LogP contribution in [0.15, 0.2) is 0 Å². The first-order chi connectivity index (χ1) is 7.93. The maximum absolute atomic E-state index is 8.93. The summed E-state index contributed by atoms with van der Waals surface area (Å²) in [4.78, 5) is 53.6. The minimum absolute atomic E-state index is 0. The molecule has 0 aromatic heterocycles. The summed E-state index contributed by atoms with van der Waals surface area (Å²) in [7, 11) is 0. The van der Waals surface area contributed by atoms with Crippen molar-refractivity contribution >= 4 is 173 Å². The van der Waals surface area contributed by atoms with Crippen molar-refractivity contribution in [2.75, 3.05) is 0 Å². The van der Waals surface area contributed by atoms with Gasteiger partial charge in [-0.2, -0.15) is 0 Å². The Morgan fingerprint density at radius 1 is 0.364 bits per heavy atom. The maximum atomic E-state index is 8.93. The first kappa shape index (κ1) is 43.5. The molecule has 0 radical (unpaired) electrons. The van der Waals surface area contributed by atoms with Crippen LogP contribution < -0.4 is 30.6 Å². The summed E-state index contributed by atoms with van der Waals surface area (Å²) < 4.78 is 0. The van der Waals surface area contributed by atoms with Crippen molar-refractivity contribution in [2.24, 2.45) is 0 Å². The number of carbonyl (C=O) groups is 6. The van der Waals surface area contributed by atoms with E-state index in [1.54, 1.807) is 0 Å². The zero-order valence-corrected chi connectivity index (χ0v) is 11.4. The van der Waals surface area contributed by atoms with E-state index in [2.05, 4.69) is 0 Å². The van der Waals surface area contributed by atoms with Crippen LogP contribution in [0.3, 0.4) is 0 Å². The Morgan fingerprint density at radius 2 is 0.409 bits per heavy atom. The average Bonchev–Trinajstić information content (AvgIpc) is 2.18. The Kier molecular flexibility index (Phi) is 53.5. The third-order valence-electron chi connectivity index (χ3n) is 0.500. The number of carboxylic acids is 6. The molecule has 0 unspecified atom stereocenters. The molecule has 0 aromatic rings. The van der Waals surface area contributed by atoms with Gasteiger partial charge in [0.15, 0.2) is 0 Å². The van der Waals surface area contributed by atoms with Gasteiger partial charge >= 0.3 is 137 Å². The summed E-state index contributed by atoms with van der Waals surface area (Å²) in [5.74, 6) is -13.1. The molecule has 0 aliphatic rings. The molecule has 0 heterocycles.